The molecule has 0 radical (unpaired) electrons. The fourth-order valence-electron chi connectivity index (χ4n) is 2.92. The van der Waals surface area contributed by atoms with Crippen LogP contribution in [0.25, 0.3) is 0 Å². The Morgan fingerprint density at radius 2 is 2.00 bits per heavy atom. The summed E-state index contributed by atoms with van der Waals surface area (Å²) in [5, 5.41) is 5.77. The lowest BCUT2D eigenvalue weighted by Crippen LogP contribution is -2.28. The topological polar surface area (TPSA) is 74.6 Å². The van der Waals surface area contributed by atoms with Crippen molar-refractivity contribution in [2.45, 2.75) is 26.8 Å². The molecule has 2 N–H and O–H groups in total. The van der Waals surface area contributed by atoms with E-state index in [1.807, 2.05) is 38.1 Å². The van der Waals surface area contributed by atoms with Crippen molar-refractivity contribution in [2.24, 2.45) is 0 Å². The molecule has 3 amide bonds. The van der Waals surface area contributed by atoms with Crippen molar-refractivity contribution in [3.63, 3.8) is 0 Å². The molecule has 2 aromatic rings. The summed E-state index contributed by atoms with van der Waals surface area (Å²) in [6.07, 6.45) is 1.59. The Balaban J connectivity index is 1.70. The van der Waals surface area contributed by atoms with Gasteiger partial charge in [0.05, 0.1) is 17.9 Å². The standard InChI is InChI=1S/C18H21N3O3/c1-11-10-24-13(3)16(11)17(22)20-12(2)14-4-6-15(7-5-14)21-9-8-19-18(21)23/h4-7,10,12H,8-9H2,1-3H3,(H,19,23)(H,20,22). The number of anilines is 1. The second-order valence-corrected chi connectivity index (χ2v) is 6.02. The largest absolute Gasteiger partial charge is 0.469 e. The van der Waals surface area contributed by atoms with Gasteiger partial charge in [-0.1, -0.05) is 12.1 Å². The number of furan rings is 1. The zero-order chi connectivity index (χ0) is 17.3. The summed E-state index contributed by atoms with van der Waals surface area (Å²) in [7, 11) is 0. The lowest BCUT2D eigenvalue weighted by atomic mass is 10.1. The number of hydrogen-bond donors (Lipinski definition) is 2. The Morgan fingerprint density at radius 3 is 2.54 bits per heavy atom. The minimum atomic E-state index is -0.146. The predicted octanol–water partition coefficient (Wildman–Crippen LogP) is 2.92. The molecule has 0 aliphatic carbocycles. The van der Waals surface area contributed by atoms with Gasteiger partial charge >= 0.3 is 6.03 Å². The molecule has 126 valence electrons. The minimum Gasteiger partial charge on any atom is -0.469 e. The Hall–Kier alpha value is -2.76. The van der Waals surface area contributed by atoms with Gasteiger partial charge in [-0.05, 0) is 38.5 Å². The monoisotopic (exact) mass is 327 g/mol. The van der Waals surface area contributed by atoms with Crippen LogP contribution in [0.5, 0.6) is 0 Å². The second-order valence-electron chi connectivity index (χ2n) is 6.02. The molecule has 1 aliphatic rings. The van der Waals surface area contributed by atoms with Gasteiger partial charge in [-0.15, -0.1) is 0 Å². The van der Waals surface area contributed by atoms with E-state index in [-0.39, 0.29) is 18.0 Å². The van der Waals surface area contributed by atoms with Gasteiger partial charge < -0.3 is 15.1 Å². The van der Waals surface area contributed by atoms with Crippen molar-refractivity contribution in [2.75, 3.05) is 18.0 Å². The summed E-state index contributed by atoms with van der Waals surface area (Å²) in [4.78, 5) is 25.8. The molecule has 1 aromatic heterocycles. The Kier molecular flexibility index (Phi) is 4.29. The molecule has 3 rings (SSSR count). The van der Waals surface area contributed by atoms with E-state index in [2.05, 4.69) is 10.6 Å². The molecule has 1 atom stereocenters. The molecule has 0 bridgehead atoms. The van der Waals surface area contributed by atoms with Gasteiger partial charge in [0.1, 0.15) is 5.76 Å². The van der Waals surface area contributed by atoms with Crippen molar-refractivity contribution < 1.29 is 14.0 Å². The smallest absolute Gasteiger partial charge is 0.321 e. The van der Waals surface area contributed by atoms with Gasteiger partial charge in [-0.3, -0.25) is 9.69 Å². The molecule has 6 nitrogen and oxygen atoms in total. The van der Waals surface area contributed by atoms with Crippen molar-refractivity contribution in [3.8, 4) is 0 Å². The number of urea groups is 1. The summed E-state index contributed by atoms with van der Waals surface area (Å²) in [6, 6.07) is 7.44. The average Bonchev–Trinajstić information content (AvgIpc) is 3.13. The van der Waals surface area contributed by atoms with Crippen LogP contribution >= 0.6 is 0 Å². The summed E-state index contributed by atoms with van der Waals surface area (Å²) >= 11 is 0. The average molecular weight is 327 g/mol. The van der Waals surface area contributed by atoms with Crippen LogP contribution in [0.3, 0.4) is 0 Å². The molecule has 1 aromatic carbocycles. The maximum absolute atomic E-state index is 12.4. The molecular formula is C18H21N3O3. The first-order chi connectivity index (χ1) is 11.5. The van der Waals surface area contributed by atoms with Gasteiger partial charge in [-0.25, -0.2) is 4.79 Å². The number of rotatable bonds is 4. The van der Waals surface area contributed by atoms with E-state index < -0.39 is 0 Å². The van der Waals surface area contributed by atoms with Crippen LogP contribution in [0.2, 0.25) is 0 Å². The summed E-state index contributed by atoms with van der Waals surface area (Å²) in [6.45, 7) is 6.90. The number of carbonyl (C=O) groups is 2. The van der Waals surface area contributed by atoms with Crippen LogP contribution in [-0.4, -0.2) is 25.0 Å². The van der Waals surface area contributed by atoms with Gasteiger partial charge in [0, 0.05) is 24.3 Å². The van der Waals surface area contributed by atoms with E-state index in [1.165, 1.54) is 0 Å². The third kappa shape index (κ3) is 2.99. The van der Waals surface area contributed by atoms with Crippen LogP contribution in [0.1, 0.15) is 40.2 Å². The molecule has 6 heteroatoms. The normalized spacial score (nSPS) is 15.3. The molecule has 0 saturated carbocycles. The van der Waals surface area contributed by atoms with Crippen molar-refractivity contribution >= 4 is 17.6 Å². The molecular weight excluding hydrogens is 306 g/mol. The number of benzene rings is 1. The highest BCUT2D eigenvalue weighted by atomic mass is 16.3. The Labute approximate surface area is 140 Å². The number of nitrogens with zero attached hydrogens (tertiary/aromatic N) is 1. The van der Waals surface area contributed by atoms with Crippen molar-refractivity contribution in [1.82, 2.24) is 10.6 Å². The number of aryl methyl sites for hydroxylation is 2. The van der Waals surface area contributed by atoms with Gasteiger partial charge in [0.2, 0.25) is 0 Å². The lowest BCUT2D eigenvalue weighted by molar-refractivity contribution is 0.0938. The lowest BCUT2D eigenvalue weighted by Gasteiger charge is -2.17. The van der Waals surface area contributed by atoms with Crippen LogP contribution < -0.4 is 15.5 Å². The highest BCUT2D eigenvalue weighted by Gasteiger charge is 2.22. The SMILES string of the molecule is Cc1coc(C)c1C(=O)NC(C)c1ccc(N2CCNC2=O)cc1. The summed E-state index contributed by atoms with van der Waals surface area (Å²) in [5.41, 5.74) is 3.25. The molecule has 24 heavy (non-hydrogen) atoms. The molecule has 1 fully saturated rings. The van der Waals surface area contributed by atoms with Gasteiger partial charge in [-0.2, -0.15) is 0 Å². The van der Waals surface area contributed by atoms with E-state index in [1.54, 1.807) is 18.1 Å². The van der Waals surface area contributed by atoms with Crippen molar-refractivity contribution in [3.05, 3.63) is 53.0 Å². The molecule has 1 unspecified atom stereocenters. The quantitative estimate of drug-likeness (QED) is 0.907. The second kappa shape index (κ2) is 6.39. The molecule has 1 aliphatic heterocycles. The van der Waals surface area contributed by atoms with Crippen LogP contribution in [0, 0.1) is 13.8 Å². The first kappa shape index (κ1) is 16.1. The van der Waals surface area contributed by atoms with Crippen LogP contribution in [-0.2, 0) is 0 Å². The predicted molar refractivity (Wildman–Crippen MR) is 91.2 cm³/mol. The Bertz CT molecular complexity index is 745. The van der Waals surface area contributed by atoms with E-state index >= 15 is 0 Å². The fourth-order valence-corrected chi connectivity index (χ4v) is 2.92. The van der Waals surface area contributed by atoms with E-state index in [0.29, 0.717) is 24.4 Å². The fraction of sp³-hybridized carbons (Fsp3) is 0.333. The third-order valence-corrected chi connectivity index (χ3v) is 4.30. The summed E-state index contributed by atoms with van der Waals surface area (Å²) in [5.74, 6) is 0.474. The zero-order valence-corrected chi connectivity index (χ0v) is 14.1. The van der Waals surface area contributed by atoms with Crippen LogP contribution in [0.4, 0.5) is 10.5 Å². The highest BCUT2D eigenvalue weighted by molar-refractivity contribution is 5.97. The Morgan fingerprint density at radius 1 is 1.29 bits per heavy atom. The number of carbonyl (C=O) groups excluding carboxylic acids is 2. The zero-order valence-electron chi connectivity index (χ0n) is 14.1. The van der Waals surface area contributed by atoms with E-state index in [0.717, 1.165) is 16.8 Å². The van der Waals surface area contributed by atoms with Crippen LogP contribution in [0.15, 0.2) is 34.9 Å². The number of nitrogens with one attached hydrogen (secondary N) is 2. The molecule has 0 spiro atoms. The maximum atomic E-state index is 12.4. The van der Waals surface area contributed by atoms with Gasteiger partial charge in [0.15, 0.2) is 0 Å². The number of hydrogen-bond acceptors (Lipinski definition) is 3. The number of amides is 3. The molecule has 1 saturated heterocycles. The first-order valence-electron chi connectivity index (χ1n) is 7.98. The maximum Gasteiger partial charge on any atom is 0.321 e. The van der Waals surface area contributed by atoms with Gasteiger partial charge in [0.25, 0.3) is 5.91 Å². The van der Waals surface area contributed by atoms with Crippen molar-refractivity contribution in [1.29, 1.82) is 0 Å². The van der Waals surface area contributed by atoms with E-state index in [4.69, 9.17) is 4.42 Å². The minimum absolute atomic E-state index is 0.0741. The summed E-state index contributed by atoms with van der Waals surface area (Å²) < 4.78 is 5.28. The third-order valence-electron chi connectivity index (χ3n) is 4.30. The van der Waals surface area contributed by atoms with E-state index in [9.17, 15) is 9.59 Å². The molecule has 2 heterocycles. The highest BCUT2D eigenvalue weighted by Crippen LogP contribution is 2.22. The first-order valence-corrected chi connectivity index (χ1v) is 7.98.